The fourth-order valence-electron chi connectivity index (χ4n) is 0.879. The maximum atomic E-state index is 5.11. The van der Waals surface area contributed by atoms with E-state index in [1.807, 2.05) is 6.21 Å². The van der Waals surface area contributed by atoms with Crippen molar-refractivity contribution in [2.75, 3.05) is 14.2 Å². The topological polar surface area (TPSA) is 30.8 Å². The minimum Gasteiger partial charge on any atom is -0.497 e. The zero-order chi connectivity index (χ0) is 7.40. The first kappa shape index (κ1) is 7.28. The van der Waals surface area contributed by atoms with E-state index in [4.69, 9.17) is 9.47 Å². The molecule has 0 radical (unpaired) electrons. The second kappa shape index (κ2) is 3.37. The van der Waals surface area contributed by atoms with Gasteiger partial charge >= 0.3 is 0 Å². The van der Waals surface area contributed by atoms with Crippen molar-refractivity contribution in [2.24, 2.45) is 4.99 Å². The average molecular weight is 141 g/mol. The van der Waals surface area contributed by atoms with Crippen molar-refractivity contribution in [3.63, 3.8) is 0 Å². The van der Waals surface area contributed by atoms with Crippen LogP contribution in [0, 0.1) is 0 Å². The Labute approximate surface area is 60.4 Å². The standard InChI is InChI=1S/C7H11NO2/c1-9-6-3-4-8-5-7(6)10-2/h4-6H,3H2,1-2H3. The quantitative estimate of drug-likeness (QED) is 0.573. The van der Waals surface area contributed by atoms with Crippen LogP contribution < -0.4 is 0 Å². The third-order valence-corrected chi connectivity index (χ3v) is 1.46. The van der Waals surface area contributed by atoms with Crippen LogP contribution in [0.3, 0.4) is 0 Å². The highest BCUT2D eigenvalue weighted by molar-refractivity contribution is 5.61. The van der Waals surface area contributed by atoms with Gasteiger partial charge in [-0.2, -0.15) is 0 Å². The average Bonchev–Trinajstić information content (AvgIpc) is 2.04. The molecule has 10 heavy (non-hydrogen) atoms. The lowest BCUT2D eigenvalue weighted by Crippen LogP contribution is -2.17. The molecular formula is C7H11NO2. The summed E-state index contributed by atoms with van der Waals surface area (Å²) in [5, 5.41) is 0. The molecule has 0 aromatic carbocycles. The van der Waals surface area contributed by atoms with Gasteiger partial charge in [0.1, 0.15) is 11.9 Å². The summed E-state index contributed by atoms with van der Waals surface area (Å²) in [4.78, 5) is 3.94. The van der Waals surface area contributed by atoms with Crippen LogP contribution in [0.4, 0.5) is 0 Å². The van der Waals surface area contributed by atoms with Crippen LogP contribution in [0.25, 0.3) is 0 Å². The zero-order valence-electron chi connectivity index (χ0n) is 6.20. The molecule has 1 heterocycles. The summed E-state index contributed by atoms with van der Waals surface area (Å²) in [6, 6.07) is 0. The minimum absolute atomic E-state index is 0.0579. The summed E-state index contributed by atoms with van der Waals surface area (Å²) >= 11 is 0. The molecule has 0 spiro atoms. The Morgan fingerprint density at radius 2 is 2.40 bits per heavy atom. The Bertz CT molecular complexity index is 163. The van der Waals surface area contributed by atoms with Crippen LogP contribution >= 0.6 is 0 Å². The molecule has 1 unspecified atom stereocenters. The van der Waals surface area contributed by atoms with E-state index >= 15 is 0 Å². The van der Waals surface area contributed by atoms with Gasteiger partial charge in [-0.1, -0.05) is 0 Å². The van der Waals surface area contributed by atoms with E-state index in [9.17, 15) is 0 Å². The Kier molecular flexibility index (Phi) is 2.45. The lowest BCUT2D eigenvalue weighted by atomic mass is 10.2. The first-order chi connectivity index (χ1) is 4.88. The van der Waals surface area contributed by atoms with Gasteiger partial charge in [0.15, 0.2) is 0 Å². The SMILES string of the molecule is COC1=CN=CCC1OC. The van der Waals surface area contributed by atoms with Crippen molar-refractivity contribution in [3.05, 3.63) is 12.0 Å². The molecule has 1 aliphatic heterocycles. The lowest BCUT2D eigenvalue weighted by Gasteiger charge is -2.17. The monoisotopic (exact) mass is 141 g/mol. The van der Waals surface area contributed by atoms with Crippen LogP contribution in [-0.2, 0) is 9.47 Å². The molecule has 56 valence electrons. The first-order valence-electron chi connectivity index (χ1n) is 3.17. The number of rotatable bonds is 2. The molecule has 0 bridgehead atoms. The number of ether oxygens (including phenoxy) is 2. The second-order valence-electron chi connectivity index (χ2n) is 2.03. The zero-order valence-corrected chi connectivity index (χ0v) is 6.20. The third-order valence-electron chi connectivity index (χ3n) is 1.46. The van der Waals surface area contributed by atoms with Crippen molar-refractivity contribution in [3.8, 4) is 0 Å². The van der Waals surface area contributed by atoms with Gasteiger partial charge in [-0.05, 0) is 0 Å². The van der Waals surface area contributed by atoms with Crippen molar-refractivity contribution in [1.82, 2.24) is 0 Å². The highest BCUT2D eigenvalue weighted by Crippen LogP contribution is 2.13. The predicted molar refractivity (Wildman–Crippen MR) is 39.0 cm³/mol. The van der Waals surface area contributed by atoms with Gasteiger partial charge in [0.05, 0.1) is 13.3 Å². The Hall–Kier alpha value is -0.830. The molecule has 0 saturated carbocycles. The van der Waals surface area contributed by atoms with Gasteiger partial charge in [0, 0.05) is 19.7 Å². The molecule has 0 fully saturated rings. The predicted octanol–water partition coefficient (Wildman–Crippen LogP) is 0.964. The van der Waals surface area contributed by atoms with Gasteiger partial charge in [0.25, 0.3) is 0 Å². The van der Waals surface area contributed by atoms with Crippen LogP contribution in [-0.4, -0.2) is 26.5 Å². The molecule has 3 nitrogen and oxygen atoms in total. The number of methoxy groups -OCH3 is 2. The number of hydrogen-bond donors (Lipinski definition) is 0. The van der Waals surface area contributed by atoms with Crippen molar-refractivity contribution >= 4 is 6.21 Å². The second-order valence-corrected chi connectivity index (χ2v) is 2.03. The maximum absolute atomic E-state index is 5.11. The van der Waals surface area contributed by atoms with E-state index in [1.54, 1.807) is 20.4 Å². The largest absolute Gasteiger partial charge is 0.497 e. The summed E-state index contributed by atoms with van der Waals surface area (Å²) in [5.41, 5.74) is 0. The van der Waals surface area contributed by atoms with Crippen LogP contribution in [0.5, 0.6) is 0 Å². The van der Waals surface area contributed by atoms with Crippen molar-refractivity contribution in [2.45, 2.75) is 12.5 Å². The van der Waals surface area contributed by atoms with Crippen LogP contribution in [0.2, 0.25) is 0 Å². The fourth-order valence-corrected chi connectivity index (χ4v) is 0.879. The molecule has 0 amide bonds. The molecule has 0 aliphatic carbocycles. The molecular weight excluding hydrogens is 130 g/mol. The molecule has 1 aliphatic rings. The van der Waals surface area contributed by atoms with E-state index in [0.717, 1.165) is 12.2 Å². The van der Waals surface area contributed by atoms with Gasteiger partial charge in [0.2, 0.25) is 0 Å². The van der Waals surface area contributed by atoms with Gasteiger partial charge in [-0.3, -0.25) is 4.99 Å². The summed E-state index contributed by atoms with van der Waals surface area (Å²) < 4.78 is 10.1. The molecule has 0 aromatic rings. The third kappa shape index (κ3) is 1.36. The normalized spacial score (nSPS) is 24.2. The van der Waals surface area contributed by atoms with E-state index in [2.05, 4.69) is 4.99 Å². The minimum atomic E-state index is 0.0579. The molecule has 0 aromatic heterocycles. The van der Waals surface area contributed by atoms with Gasteiger partial charge in [-0.25, -0.2) is 0 Å². The Morgan fingerprint density at radius 1 is 1.60 bits per heavy atom. The first-order valence-corrected chi connectivity index (χ1v) is 3.17. The number of nitrogens with zero attached hydrogens (tertiary/aromatic N) is 1. The maximum Gasteiger partial charge on any atom is 0.143 e. The smallest absolute Gasteiger partial charge is 0.143 e. The van der Waals surface area contributed by atoms with Crippen molar-refractivity contribution < 1.29 is 9.47 Å². The molecule has 0 N–H and O–H groups in total. The Morgan fingerprint density at radius 3 is 2.90 bits per heavy atom. The highest BCUT2D eigenvalue weighted by Gasteiger charge is 2.14. The van der Waals surface area contributed by atoms with Crippen molar-refractivity contribution in [1.29, 1.82) is 0 Å². The lowest BCUT2D eigenvalue weighted by molar-refractivity contribution is 0.0825. The highest BCUT2D eigenvalue weighted by atomic mass is 16.5. The van der Waals surface area contributed by atoms with Crippen LogP contribution in [0.1, 0.15) is 6.42 Å². The number of aliphatic imine (C=N–C) groups is 1. The molecule has 0 saturated heterocycles. The summed E-state index contributed by atoms with van der Waals surface area (Å²) in [6.07, 6.45) is 4.35. The molecule has 1 rings (SSSR count). The van der Waals surface area contributed by atoms with E-state index in [0.29, 0.717) is 0 Å². The Balaban J connectivity index is 2.61. The van der Waals surface area contributed by atoms with Crippen LogP contribution in [0.15, 0.2) is 17.0 Å². The van der Waals surface area contributed by atoms with E-state index in [-0.39, 0.29) is 6.10 Å². The van der Waals surface area contributed by atoms with E-state index < -0.39 is 0 Å². The summed E-state index contributed by atoms with van der Waals surface area (Å²) in [7, 11) is 3.29. The molecule has 1 atom stereocenters. The molecule has 3 heteroatoms. The van der Waals surface area contributed by atoms with Gasteiger partial charge < -0.3 is 9.47 Å². The summed E-state index contributed by atoms with van der Waals surface area (Å²) in [6.45, 7) is 0. The fraction of sp³-hybridized carbons (Fsp3) is 0.571. The van der Waals surface area contributed by atoms with E-state index in [1.165, 1.54) is 0 Å². The van der Waals surface area contributed by atoms with Gasteiger partial charge in [-0.15, -0.1) is 0 Å². The number of hydrogen-bond acceptors (Lipinski definition) is 3. The summed E-state index contributed by atoms with van der Waals surface area (Å²) in [5.74, 6) is 0.796.